The minimum absolute atomic E-state index is 0. The Morgan fingerprint density at radius 1 is 1.41 bits per heavy atom. The summed E-state index contributed by atoms with van der Waals surface area (Å²) in [5, 5.41) is 2.99. The first-order chi connectivity index (χ1) is 7.52. The fraction of sp³-hybridized carbons (Fsp3) is 0.417. The van der Waals surface area contributed by atoms with E-state index in [2.05, 4.69) is 5.32 Å². The molecule has 0 heterocycles. The zero-order chi connectivity index (χ0) is 12.1. The number of nitrogens with zero attached hydrogens (tertiary/aromatic N) is 1. The molecule has 5 heteroatoms. The van der Waals surface area contributed by atoms with Gasteiger partial charge in [0.25, 0.3) is 0 Å². The van der Waals surface area contributed by atoms with Crippen LogP contribution in [-0.4, -0.2) is 30.9 Å². The van der Waals surface area contributed by atoms with Crippen LogP contribution in [0.2, 0.25) is 0 Å². The number of amides is 1. The van der Waals surface area contributed by atoms with Crippen LogP contribution in [0.4, 0.5) is 4.39 Å². The second-order valence-corrected chi connectivity index (χ2v) is 3.93. The molecule has 0 saturated carbocycles. The smallest absolute Gasteiger partial charge is 0.238 e. The van der Waals surface area contributed by atoms with Crippen molar-refractivity contribution in [2.24, 2.45) is 0 Å². The first-order valence-electron chi connectivity index (χ1n) is 5.20. The average molecular weight is 261 g/mol. The van der Waals surface area contributed by atoms with Crippen LogP contribution >= 0.6 is 12.4 Å². The third kappa shape index (κ3) is 4.71. The van der Waals surface area contributed by atoms with Gasteiger partial charge in [0.2, 0.25) is 5.91 Å². The summed E-state index contributed by atoms with van der Waals surface area (Å²) in [4.78, 5) is 13.0. The molecule has 0 saturated heterocycles. The standard InChI is InChI=1S/C12H17FN2O.ClH/c1-9(12(16)15(2)3)14-8-10-6-4-5-7-11(10)13;/h4-7,9,14H,8H2,1-3H3;1H/t9-;/m1./s1. The lowest BCUT2D eigenvalue weighted by Gasteiger charge is -2.18. The topological polar surface area (TPSA) is 32.3 Å². The van der Waals surface area contributed by atoms with Gasteiger partial charge in [0.05, 0.1) is 6.04 Å². The van der Waals surface area contributed by atoms with Gasteiger partial charge in [-0.2, -0.15) is 0 Å². The predicted molar refractivity (Wildman–Crippen MR) is 68.6 cm³/mol. The van der Waals surface area contributed by atoms with E-state index in [-0.39, 0.29) is 30.2 Å². The summed E-state index contributed by atoms with van der Waals surface area (Å²) in [5.74, 6) is -0.268. The molecular formula is C12H18ClFN2O. The van der Waals surface area contributed by atoms with Gasteiger partial charge in [-0.05, 0) is 13.0 Å². The van der Waals surface area contributed by atoms with Crippen molar-refractivity contribution in [2.45, 2.75) is 19.5 Å². The third-order valence-electron chi connectivity index (χ3n) is 2.37. The summed E-state index contributed by atoms with van der Waals surface area (Å²) in [5.41, 5.74) is 0.570. The van der Waals surface area contributed by atoms with Crippen LogP contribution < -0.4 is 5.32 Å². The Kier molecular flexibility index (Phi) is 6.76. The molecule has 1 N–H and O–H groups in total. The van der Waals surface area contributed by atoms with Crippen molar-refractivity contribution in [1.29, 1.82) is 0 Å². The van der Waals surface area contributed by atoms with Crippen LogP contribution in [0, 0.1) is 5.82 Å². The van der Waals surface area contributed by atoms with E-state index in [9.17, 15) is 9.18 Å². The minimum Gasteiger partial charge on any atom is -0.347 e. The second-order valence-electron chi connectivity index (χ2n) is 3.93. The molecule has 1 atom stereocenters. The van der Waals surface area contributed by atoms with Crippen molar-refractivity contribution >= 4 is 18.3 Å². The molecule has 1 amide bonds. The molecule has 0 aliphatic rings. The van der Waals surface area contributed by atoms with E-state index in [1.165, 1.54) is 11.0 Å². The highest BCUT2D eigenvalue weighted by Gasteiger charge is 2.14. The van der Waals surface area contributed by atoms with Crippen molar-refractivity contribution in [1.82, 2.24) is 10.2 Å². The fourth-order valence-corrected chi connectivity index (χ4v) is 1.38. The lowest BCUT2D eigenvalue weighted by Crippen LogP contribution is -2.41. The Bertz CT molecular complexity index is 371. The van der Waals surface area contributed by atoms with E-state index in [4.69, 9.17) is 0 Å². The number of likely N-dealkylation sites (N-methyl/N-ethyl adjacent to an activating group) is 1. The molecule has 0 bridgehead atoms. The van der Waals surface area contributed by atoms with Gasteiger partial charge in [-0.3, -0.25) is 4.79 Å². The van der Waals surface area contributed by atoms with Crippen LogP contribution in [0.15, 0.2) is 24.3 Å². The van der Waals surface area contributed by atoms with Crippen LogP contribution in [0.5, 0.6) is 0 Å². The number of hydrogen-bond acceptors (Lipinski definition) is 2. The Balaban J connectivity index is 0.00000256. The van der Waals surface area contributed by atoms with Crippen molar-refractivity contribution in [3.63, 3.8) is 0 Å². The summed E-state index contributed by atoms with van der Waals surface area (Å²) in [6.45, 7) is 2.12. The van der Waals surface area contributed by atoms with E-state index in [1.54, 1.807) is 39.2 Å². The molecule has 0 unspecified atom stereocenters. The number of nitrogens with one attached hydrogen (secondary N) is 1. The van der Waals surface area contributed by atoms with Gasteiger partial charge in [-0.25, -0.2) is 4.39 Å². The van der Waals surface area contributed by atoms with Crippen LogP contribution in [0.25, 0.3) is 0 Å². The first-order valence-corrected chi connectivity index (χ1v) is 5.20. The van der Waals surface area contributed by atoms with Gasteiger partial charge in [-0.15, -0.1) is 12.4 Å². The molecule has 1 rings (SSSR count). The molecule has 1 aromatic carbocycles. The summed E-state index contributed by atoms with van der Waals surface area (Å²) in [7, 11) is 3.40. The van der Waals surface area contributed by atoms with E-state index in [0.29, 0.717) is 12.1 Å². The number of halogens is 2. The Hall–Kier alpha value is -1.13. The van der Waals surface area contributed by atoms with Crippen LogP contribution in [-0.2, 0) is 11.3 Å². The summed E-state index contributed by atoms with van der Waals surface area (Å²) >= 11 is 0. The average Bonchev–Trinajstić information content (AvgIpc) is 2.26. The summed E-state index contributed by atoms with van der Waals surface area (Å²) in [6.07, 6.45) is 0. The van der Waals surface area contributed by atoms with Gasteiger partial charge in [0.1, 0.15) is 5.82 Å². The number of carbonyl (C=O) groups excluding carboxylic acids is 1. The van der Waals surface area contributed by atoms with Crippen molar-refractivity contribution in [3.8, 4) is 0 Å². The quantitative estimate of drug-likeness (QED) is 0.896. The summed E-state index contributed by atoms with van der Waals surface area (Å²) < 4.78 is 13.3. The zero-order valence-electron chi connectivity index (χ0n) is 10.2. The highest BCUT2D eigenvalue weighted by atomic mass is 35.5. The Labute approximate surface area is 107 Å². The largest absolute Gasteiger partial charge is 0.347 e. The maximum Gasteiger partial charge on any atom is 0.238 e. The maximum atomic E-state index is 13.3. The molecule has 0 aromatic heterocycles. The molecule has 0 aliphatic heterocycles. The van der Waals surface area contributed by atoms with Crippen LogP contribution in [0.3, 0.4) is 0 Å². The van der Waals surface area contributed by atoms with Gasteiger partial charge >= 0.3 is 0 Å². The lowest BCUT2D eigenvalue weighted by molar-refractivity contribution is -0.130. The number of carbonyl (C=O) groups is 1. The molecule has 96 valence electrons. The third-order valence-corrected chi connectivity index (χ3v) is 2.37. The van der Waals surface area contributed by atoms with Crippen molar-refractivity contribution in [3.05, 3.63) is 35.6 Å². The number of rotatable bonds is 4. The number of benzene rings is 1. The zero-order valence-corrected chi connectivity index (χ0v) is 11.1. The molecule has 0 radical (unpaired) electrons. The highest BCUT2D eigenvalue weighted by Crippen LogP contribution is 2.06. The molecule has 0 aliphatic carbocycles. The van der Waals surface area contributed by atoms with Crippen molar-refractivity contribution in [2.75, 3.05) is 14.1 Å². The van der Waals surface area contributed by atoms with E-state index < -0.39 is 0 Å². The summed E-state index contributed by atoms with van der Waals surface area (Å²) in [6, 6.07) is 6.23. The predicted octanol–water partition coefficient (Wildman–Crippen LogP) is 1.81. The first kappa shape index (κ1) is 15.9. The van der Waals surface area contributed by atoms with Gasteiger partial charge in [0, 0.05) is 26.2 Å². The van der Waals surface area contributed by atoms with E-state index in [1.807, 2.05) is 0 Å². The Morgan fingerprint density at radius 2 is 2.00 bits per heavy atom. The molecular weight excluding hydrogens is 243 g/mol. The van der Waals surface area contributed by atoms with Gasteiger partial charge in [-0.1, -0.05) is 18.2 Å². The monoisotopic (exact) mass is 260 g/mol. The fourth-order valence-electron chi connectivity index (χ4n) is 1.38. The second kappa shape index (κ2) is 7.25. The highest BCUT2D eigenvalue weighted by molar-refractivity contribution is 5.85. The van der Waals surface area contributed by atoms with Gasteiger partial charge < -0.3 is 10.2 Å². The lowest BCUT2D eigenvalue weighted by atomic mass is 10.2. The SMILES string of the molecule is C[C@@H](NCc1ccccc1F)C(=O)N(C)C.Cl. The van der Waals surface area contributed by atoms with Crippen LogP contribution in [0.1, 0.15) is 12.5 Å². The van der Waals surface area contributed by atoms with Crippen molar-refractivity contribution < 1.29 is 9.18 Å². The molecule has 0 spiro atoms. The minimum atomic E-state index is -0.311. The maximum absolute atomic E-state index is 13.3. The normalized spacial score (nSPS) is 11.5. The molecule has 17 heavy (non-hydrogen) atoms. The van der Waals surface area contributed by atoms with Gasteiger partial charge in [0.15, 0.2) is 0 Å². The molecule has 3 nitrogen and oxygen atoms in total. The Morgan fingerprint density at radius 3 is 2.53 bits per heavy atom. The van der Waals surface area contributed by atoms with E-state index in [0.717, 1.165) is 0 Å². The molecule has 1 aromatic rings. The number of hydrogen-bond donors (Lipinski definition) is 1. The molecule has 0 fully saturated rings. The van der Waals surface area contributed by atoms with E-state index >= 15 is 0 Å².